The Morgan fingerprint density at radius 2 is 1.88 bits per heavy atom. The molecular formula is C12H7BrN2S. The molecule has 0 spiro atoms. The molecule has 0 aliphatic carbocycles. The van der Waals surface area contributed by atoms with E-state index in [1.165, 1.54) is 10.4 Å². The van der Waals surface area contributed by atoms with E-state index in [-0.39, 0.29) is 0 Å². The Morgan fingerprint density at radius 3 is 2.62 bits per heavy atom. The molecule has 3 rings (SSSR count). The fourth-order valence-electron chi connectivity index (χ4n) is 1.57. The summed E-state index contributed by atoms with van der Waals surface area (Å²) >= 11 is 5.12. The first-order chi connectivity index (χ1) is 7.84. The zero-order chi connectivity index (χ0) is 11.0. The van der Waals surface area contributed by atoms with Crippen LogP contribution in [-0.2, 0) is 0 Å². The monoisotopic (exact) mass is 290 g/mol. The molecule has 0 saturated heterocycles. The number of aromatic nitrogens is 2. The molecule has 0 aliphatic rings. The van der Waals surface area contributed by atoms with Gasteiger partial charge in [-0.05, 0) is 27.6 Å². The summed E-state index contributed by atoms with van der Waals surface area (Å²) in [5.41, 5.74) is 1.22. The smallest absolute Gasteiger partial charge is 0.128 e. The Labute approximate surface area is 105 Å². The van der Waals surface area contributed by atoms with Gasteiger partial charge in [0.1, 0.15) is 15.8 Å². The van der Waals surface area contributed by atoms with Crippen molar-refractivity contribution in [3.63, 3.8) is 0 Å². The first kappa shape index (κ1) is 9.93. The van der Waals surface area contributed by atoms with Gasteiger partial charge in [0.25, 0.3) is 0 Å². The van der Waals surface area contributed by atoms with Crippen molar-refractivity contribution >= 4 is 37.5 Å². The van der Waals surface area contributed by atoms with Crippen LogP contribution in [0.2, 0.25) is 0 Å². The summed E-state index contributed by atoms with van der Waals surface area (Å²) in [6, 6.07) is 12.4. The van der Waals surface area contributed by atoms with Crippen LogP contribution in [0.15, 0.2) is 47.3 Å². The molecule has 0 aliphatic heterocycles. The van der Waals surface area contributed by atoms with E-state index < -0.39 is 0 Å². The van der Waals surface area contributed by atoms with Crippen LogP contribution in [0, 0.1) is 0 Å². The highest BCUT2D eigenvalue weighted by Gasteiger charge is 2.07. The quantitative estimate of drug-likeness (QED) is 0.630. The van der Waals surface area contributed by atoms with Gasteiger partial charge in [-0.1, -0.05) is 30.3 Å². The first-order valence-corrected chi connectivity index (χ1v) is 6.41. The molecule has 0 saturated carbocycles. The van der Waals surface area contributed by atoms with Gasteiger partial charge in [0.15, 0.2) is 0 Å². The molecule has 0 unspecified atom stereocenters. The molecule has 2 aromatic heterocycles. The number of rotatable bonds is 1. The van der Waals surface area contributed by atoms with Crippen molar-refractivity contribution in [2.45, 2.75) is 0 Å². The minimum Gasteiger partial charge on any atom is -0.229 e. The predicted octanol–water partition coefficient (Wildman–Crippen LogP) is 4.12. The molecule has 0 N–H and O–H groups in total. The van der Waals surface area contributed by atoms with Crippen LogP contribution in [0.3, 0.4) is 0 Å². The van der Waals surface area contributed by atoms with E-state index in [2.05, 4.69) is 44.1 Å². The van der Waals surface area contributed by atoms with Crippen molar-refractivity contribution in [1.82, 2.24) is 9.97 Å². The van der Waals surface area contributed by atoms with Crippen molar-refractivity contribution in [3.05, 3.63) is 47.3 Å². The Hall–Kier alpha value is -1.26. The molecule has 0 radical (unpaired) electrons. The molecule has 78 valence electrons. The van der Waals surface area contributed by atoms with Crippen LogP contribution in [0.25, 0.3) is 20.7 Å². The Kier molecular flexibility index (Phi) is 2.46. The van der Waals surface area contributed by atoms with Gasteiger partial charge in [0, 0.05) is 10.3 Å². The van der Waals surface area contributed by atoms with E-state index in [1.807, 2.05) is 18.2 Å². The fourth-order valence-corrected chi connectivity index (χ4v) is 3.10. The van der Waals surface area contributed by atoms with Crippen LogP contribution < -0.4 is 0 Å². The van der Waals surface area contributed by atoms with Gasteiger partial charge in [-0.25, -0.2) is 9.97 Å². The first-order valence-electron chi connectivity index (χ1n) is 4.80. The van der Waals surface area contributed by atoms with E-state index in [1.54, 1.807) is 17.7 Å². The van der Waals surface area contributed by atoms with Gasteiger partial charge in [0.2, 0.25) is 0 Å². The Bertz CT molecular complexity index is 634. The van der Waals surface area contributed by atoms with Gasteiger partial charge in [0.05, 0.1) is 0 Å². The zero-order valence-corrected chi connectivity index (χ0v) is 10.6. The third kappa shape index (κ3) is 1.64. The maximum atomic E-state index is 4.27. The summed E-state index contributed by atoms with van der Waals surface area (Å²) in [5.74, 6) is 0. The molecule has 0 fully saturated rings. The van der Waals surface area contributed by atoms with Gasteiger partial charge in [-0.15, -0.1) is 11.3 Å². The highest BCUT2D eigenvalue weighted by molar-refractivity contribution is 9.10. The van der Waals surface area contributed by atoms with E-state index in [4.69, 9.17) is 0 Å². The van der Waals surface area contributed by atoms with Crippen LogP contribution >= 0.6 is 27.3 Å². The van der Waals surface area contributed by atoms with Crippen molar-refractivity contribution in [2.24, 2.45) is 0 Å². The Balaban J connectivity index is 2.23. The molecule has 2 nitrogen and oxygen atoms in total. The van der Waals surface area contributed by atoms with Crippen molar-refractivity contribution in [3.8, 4) is 10.4 Å². The molecular weight excluding hydrogens is 284 g/mol. The zero-order valence-electron chi connectivity index (χ0n) is 8.22. The third-order valence-electron chi connectivity index (χ3n) is 2.34. The largest absolute Gasteiger partial charge is 0.229 e. The number of nitrogens with zero attached hydrogens (tertiary/aromatic N) is 2. The van der Waals surface area contributed by atoms with Crippen LogP contribution in [0.1, 0.15) is 0 Å². The lowest BCUT2D eigenvalue weighted by Crippen LogP contribution is -1.77. The van der Waals surface area contributed by atoms with Crippen LogP contribution in [0.4, 0.5) is 0 Å². The summed E-state index contributed by atoms with van der Waals surface area (Å²) in [6.07, 6.45) is 1.58. The molecule has 2 heterocycles. The highest BCUT2D eigenvalue weighted by atomic mass is 79.9. The minimum atomic E-state index is 0.857. The predicted molar refractivity (Wildman–Crippen MR) is 70.6 cm³/mol. The number of fused-ring (bicyclic) bond motifs is 1. The van der Waals surface area contributed by atoms with E-state index >= 15 is 0 Å². The minimum absolute atomic E-state index is 0.857. The third-order valence-corrected chi connectivity index (χ3v) is 4.06. The van der Waals surface area contributed by atoms with E-state index in [9.17, 15) is 0 Å². The lowest BCUT2D eigenvalue weighted by atomic mass is 10.2. The molecule has 3 aromatic rings. The van der Waals surface area contributed by atoms with Gasteiger partial charge in [-0.2, -0.15) is 0 Å². The molecule has 0 amide bonds. The molecule has 0 bridgehead atoms. The van der Waals surface area contributed by atoms with Crippen LogP contribution in [0.5, 0.6) is 0 Å². The lowest BCUT2D eigenvalue weighted by molar-refractivity contribution is 1.20. The standard InChI is InChI=1S/C12H7BrN2S/c13-11-9-6-10(8-4-2-1-3-5-8)16-12(9)15-7-14-11/h1-7H. The summed E-state index contributed by atoms with van der Waals surface area (Å²) in [6.45, 7) is 0. The van der Waals surface area contributed by atoms with Crippen LogP contribution in [-0.4, -0.2) is 9.97 Å². The van der Waals surface area contributed by atoms with E-state index in [0.717, 1.165) is 14.8 Å². The average Bonchev–Trinajstić information content (AvgIpc) is 2.76. The molecule has 1 aromatic carbocycles. The maximum absolute atomic E-state index is 4.27. The van der Waals surface area contributed by atoms with Crippen molar-refractivity contribution < 1.29 is 0 Å². The van der Waals surface area contributed by atoms with Gasteiger partial charge >= 0.3 is 0 Å². The second kappa shape index (κ2) is 3.96. The molecule has 4 heteroatoms. The van der Waals surface area contributed by atoms with E-state index in [0.29, 0.717) is 0 Å². The van der Waals surface area contributed by atoms with Gasteiger partial charge < -0.3 is 0 Å². The second-order valence-electron chi connectivity index (χ2n) is 3.36. The SMILES string of the molecule is Brc1ncnc2sc(-c3ccccc3)cc12. The molecule has 16 heavy (non-hydrogen) atoms. The molecule has 0 atom stereocenters. The van der Waals surface area contributed by atoms with Gasteiger partial charge in [-0.3, -0.25) is 0 Å². The van der Waals surface area contributed by atoms with Crippen molar-refractivity contribution in [1.29, 1.82) is 0 Å². The summed E-state index contributed by atoms with van der Waals surface area (Å²) in [5, 5.41) is 1.08. The topological polar surface area (TPSA) is 25.8 Å². The summed E-state index contributed by atoms with van der Waals surface area (Å²) in [4.78, 5) is 10.6. The number of hydrogen-bond acceptors (Lipinski definition) is 3. The maximum Gasteiger partial charge on any atom is 0.128 e. The number of thiophene rings is 1. The lowest BCUT2D eigenvalue weighted by Gasteiger charge is -1.93. The average molecular weight is 291 g/mol. The number of halogens is 1. The summed E-state index contributed by atoms with van der Waals surface area (Å²) in [7, 11) is 0. The number of benzene rings is 1. The highest BCUT2D eigenvalue weighted by Crippen LogP contribution is 2.34. The second-order valence-corrected chi connectivity index (χ2v) is 5.14. The van der Waals surface area contributed by atoms with Crippen molar-refractivity contribution in [2.75, 3.05) is 0 Å². The normalized spacial score (nSPS) is 10.8. The Morgan fingerprint density at radius 1 is 1.06 bits per heavy atom. The fraction of sp³-hybridized carbons (Fsp3) is 0. The summed E-state index contributed by atoms with van der Waals surface area (Å²) < 4.78 is 0.857. The number of hydrogen-bond donors (Lipinski definition) is 0.